The summed E-state index contributed by atoms with van der Waals surface area (Å²) < 4.78 is 85.5. The Morgan fingerprint density at radius 3 is 2.29 bits per heavy atom. The van der Waals surface area contributed by atoms with E-state index in [1.807, 2.05) is 0 Å². The minimum absolute atomic E-state index is 0.140. The fraction of sp³-hybridized carbons (Fsp3) is 0.0741. The van der Waals surface area contributed by atoms with Crippen molar-refractivity contribution in [1.29, 1.82) is 0 Å². The average molecular weight is 559 g/mol. The molecule has 0 aliphatic rings. The molecule has 194 valence electrons. The summed E-state index contributed by atoms with van der Waals surface area (Å²) in [7, 11) is -3.44. The lowest BCUT2D eigenvalue weighted by Crippen LogP contribution is -2.08. The van der Waals surface area contributed by atoms with E-state index >= 15 is 0 Å². The van der Waals surface area contributed by atoms with Crippen LogP contribution in [0.5, 0.6) is 11.5 Å². The number of aromatic nitrogens is 2. The van der Waals surface area contributed by atoms with Gasteiger partial charge in [0.15, 0.2) is 21.3 Å². The number of benzene rings is 3. The van der Waals surface area contributed by atoms with Gasteiger partial charge in [-0.2, -0.15) is 18.3 Å². The molecule has 5 nitrogen and oxygen atoms in total. The van der Waals surface area contributed by atoms with Crippen molar-refractivity contribution in [2.24, 2.45) is 0 Å². The fourth-order valence-electron chi connectivity index (χ4n) is 3.74. The van der Waals surface area contributed by atoms with Gasteiger partial charge < -0.3 is 4.74 Å². The third kappa shape index (κ3) is 5.34. The van der Waals surface area contributed by atoms with Crippen molar-refractivity contribution in [3.05, 3.63) is 103 Å². The van der Waals surface area contributed by atoms with Crippen molar-refractivity contribution >= 4 is 21.2 Å². The minimum atomic E-state index is -4.70. The van der Waals surface area contributed by atoms with Gasteiger partial charge in [-0.25, -0.2) is 17.5 Å². The second-order valence-corrected chi connectivity index (χ2v) is 11.4. The number of para-hydroxylation sites is 2. The first-order valence-electron chi connectivity index (χ1n) is 11.1. The second kappa shape index (κ2) is 9.73. The van der Waals surface area contributed by atoms with Crippen molar-refractivity contribution < 1.29 is 30.7 Å². The van der Waals surface area contributed by atoms with Crippen molar-refractivity contribution in [3.63, 3.8) is 0 Å². The molecule has 0 saturated heterocycles. The Morgan fingerprint density at radius 2 is 1.58 bits per heavy atom. The average Bonchev–Trinajstić information content (AvgIpc) is 3.53. The van der Waals surface area contributed by atoms with Crippen LogP contribution in [0.4, 0.5) is 17.6 Å². The van der Waals surface area contributed by atoms with Crippen LogP contribution in [0.3, 0.4) is 0 Å². The summed E-state index contributed by atoms with van der Waals surface area (Å²) in [4.78, 5) is 1.29. The molecule has 0 unspecified atom stereocenters. The monoisotopic (exact) mass is 558 g/mol. The van der Waals surface area contributed by atoms with E-state index in [1.165, 1.54) is 47.7 Å². The zero-order chi connectivity index (χ0) is 27.1. The molecule has 0 atom stereocenters. The van der Waals surface area contributed by atoms with Crippen LogP contribution < -0.4 is 4.74 Å². The first kappa shape index (κ1) is 25.7. The number of nitrogens with zero attached hydrogens (tertiary/aromatic N) is 2. The van der Waals surface area contributed by atoms with Crippen molar-refractivity contribution in [3.8, 4) is 38.2 Å². The van der Waals surface area contributed by atoms with Gasteiger partial charge in [-0.1, -0.05) is 24.3 Å². The highest BCUT2D eigenvalue weighted by molar-refractivity contribution is 7.90. The Balaban J connectivity index is 1.60. The number of hydrogen-bond acceptors (Lipinski definition) is 5. The summed E-state index contributed by atoms with van der Waals surface area (Å²) in [5.74, 6) is 0.0629. The Morgan fingerprint density at radius 1 is 0.868 bits per heavy atom. The minimum Gasteiger partial charge on any atom is -0.455 e. The summed E-state index contributed by atoms with van der Waals surface area (Å²) in [5.41, 5.74) is -0.0521. The van der Waals surface area contributed by atoms with Gasteiger partial charge in [-0.3, -0.25) is 0 Å². The zero-order valence-electron chi connectivity index (χ0n) is 19.6. The molecule has 0 aliphatic heterocycles. The van der Waals surface area contributed by atoms with Gasteiger partial charge in [0.1, 0.15) is 17.3 Å². The summed E-state index contributed by atoms with van der Waals surface area (Å²) in [6.45, 7) is 0. The van der Waals surface area contributed by atoms with Crippen LogP contribution in [0.15, 0.2) is 95.9 Å². The molecule has 0 fully saturated rings. The van der Waals surface area contributed by atoms with E-state index < -0.39 is 27.5 Å². The van der Waals surface area contributed by atoms with Gasteiger partial charge in [-0.15, -0.1) is 11.3 Å². The normalized spacial score (nSPS) is 12.0. The number of halogens is 4. The van der Waals surface area contributed by atoms with Gasteiger partial charge in [0.25, 0.3) is 0 Å². The largest absolute Gasteiger partial charge is 0.455 e. The third-order valence-corrected chi connectivity index (χ3v) is 7.81. The SMILES string of the molecule is CS(=O)(=O)c1cccc(-c2ccc(-c3cc(C(F)(F)F)nn3-c3ccccc3Oc3ccc(F)cc3)s2)c1. The van der Waals surface area contributed by atoms with Crippen LogP contribution in [0.25, 0.3) is 26.7 Å². The number of thiophene rings is 1. The third-order valence-electron chi connectivity index (χ3n) is 5.54. The first-order valence-corrected chi connectivity index (χ1v) is 13.8. The highest BCUT2D eigenvalue weighted by Crippen LogP contribution is 2.40. The van der Waals surface area contributed by atoms with E-state index in [2.05, 4.69) is 5.10 Å². The van der Waals surface area contributed by atoms with E-state index in [-0.39, 0.29) is 22.0 Å². The highest BCUT2D eigenvalue weighted by atomic mass is 32.2. The lowest BCUT2D eigenvalue weighted by atomic mass is 10.2. The quantitative estimate of drug-likeness (QED) is 0.201. The van der Waals surface area contributed by atoms with Gasteiger partial charge in [-0.05, 0) is 72.3 Å². The van der Waals surface area contributed by atoms with E-state index in [4.69, 9.17) is 4.74 Å². The van der Waals surface area contributed by atoms with E-state index in [0.29, 0.717) is 21.1 Å². The summed E-state index contributed by atoms with van der Waals surface area (Å²) in [6.07, 6.45) is -3.59. The van der Waals surface area contributed by atoms with E-state index in [0.717, 1.165) is 17.0 Å². The number of sulfone groups is 1. The standard InChI is InChI=1S/C27H18F4N2O3S2/c1-38(34,35)20-6-4-5-17(15-20)24-13-14-25(37-24)22-16-26(27(29,30)31)32-33(22)21-7-2-3-8-23(21)36-19-11-9-18(28)10-12-19/h2-16H,1H3. The zero-order valence-corrected chi connectivity index (χ0v) is 21.2. The predicted molar refractivity (Wildman–Crippen MR) is 137 cm³/mol. The Bertz CT molecular complexity index is 1720. The molecule has 0 spiro atoms. The van der Waals surface area contributed by atoms with Gasteiger partial charge in [0.05, 0.1) is 15.5 Å². The van der Waals surface area contributed by atoms with Gasteiger partial charge in [0, 0.05) is 11.1 Å². The molecule has 11 heteroatoms. The van der Waals surface area contributed by atoms with Gasteiger partial charge >= 0.3 is 6.18 Å². The summed E-state index contributed by atoms with van der Waals surface area (Å²) in [5, 5.41) is 3.85. The maximum Gasteiger partial charge on any atom is 0.435 e. The molecule has 38 heavy (non-hydrogen) atoms. The Kier molecular flexibility index (Phi) is 6.58. The smallest absolute Gasteiger partial charge is 0.435 e. The number of rotatable bonds is 6. The van der Waals surface area contributed by atoms with E-state index in [1.54, 1.807) is 48.5 Å². The molecular formula is C27H18F4N2O3S2. The fourth-order valence-corrected chi connectivity index (χ4v) is 5.41. The topological polar surface area (TPSA) is 61.2 Å². The Hall–Kier alpha value is -3.96. The van der Waals surface area contributed by atoms with E-state index in [9.17, 15) is 26.0 Å². The van der Waals surface area contributed by atoms with Crippen LogP contribution in [-0.2, 0) is 16.0 Å². The number of ether oxygens (including phenoxy) is 1. The summed E-state index contributed by atoms with van der Waals surface area (Å²) in [6, 6.07) is 22.4. The first-order chi connectivity index (χ1) is 18.0. The lowest BCUT2D eigenvalue weighted by Gasteiger charge is -2.13. The molecular weight excluding hydrogens is 540 g/mol. The molecule has 0 aliphatic carbocycles. The highest BCUT2D eigenvalue weighted by Gasteiger charge is 2.36. The van der Waals surface area contributed by atoms with Crippen molar-refractivity contribution in [2.75, 3.05) is 6.26 Å². The second-order valence-electron chi connectivity index (χ2n) is 8.31. The molecule has 0 saturated carbocycles. The molecule has 0 radical (unpaired) electrons. The van der Waals surface area contributed by atoms with Crippen LogP contribution in [0.1, 0.15) is 5.69 Å². The molecule has 5 rings (SSSR count). The molecule has 2 aromatic heterocycles. The summed E-state index contributed by atoms with van der Waals surface area (Å²) >= 11 is 1.20. The molecule has 2 heterocycles. The van der Waals surface area contributed by atoms with Crippen LogP contribution >= 0.6 is 11.3 Å². The molecule has 0 amide bonds. The van der Waals surface area contributed by atoms with Crippen LogP contribution in [-0.4, -0.2) is 24.5 Å². The van der Waals surface area contributed by atoms with Crippen molar-refractivity contribution in [1.82, 2.24) is 9.78 Å². The molecule has 5 aromatic rings. The Labute approximate surface area is 219 Å². The molecule has 0 N–H and O–H groups in total. The maximum atomic E-state index is 13.7. The maximum absolute atomic E-state index is 13.7. The number of alkyl halides is 3. The lowest BCUT2D eigenvalue weighted by molar-refractivity contribution is -0.141. The molecule has 0 bridgehead atoms. The van der Waals surface area contributed by atoms with Crippen LogP contribution in [0.2, 0.25) is 0 Å². The van der Waals surface area contributed by atoms with Crippen molar-refractivity contribution in [2.45, 2.75) is 11.1 Å². The number of hydrogen-bond donors (Lipinski definition) is 0. The molecule has 3 aromatic carbocycles. The van der Waals surface area contributed by atoms with Gasteiger partial charge in [0.2, 0.25) is 0 Å². The van der Waals surface area contributed by atoms with Crippen LogP contribution in [0, 0.1) is 5.82 Å². The predicted octanol–water partition coefficient (Wildman–Crippen LogP) is 7.62.